The number of anilines is 1. The zero-order valence-electron chi connectivity index (χ0n) is 10.3. The van der Waals surface area contributed by atoms with Crippen LogP contribution in [0.1, 0.15) is 18.4 Å². The molecule has 0 N–H and O–H groups in total. The molecule has 0 atom stereocenters. The average Bonchev–Trinajstić information content (AvgIpc) is 2.75. The van der Waals surface area contributed by atoms with Crippen LogP contribution < -0.4 is 4.90 Å². The maximum Gasteiger partial charge on any atom is 0.0413 e. The largest absolute Gasteiger partial charge is 0.368 e. The predicted molar refractivity (Wildman–Crippen MR) is 75.7 cm³/mol. The number of hydrogen-bond donors (Lipinski definition) is 0. The summed E-state index contributed by atoms with van der Waals surface area (Å²) in [6.45, 7) is 3.68. The highest BCUT2D eigenvalue weighted by Gasteiger charge is 2.29. The molecule has 0 saturated carbocycles. The maximum absolute atomic E-state index is 3.67. The van der Waals surface area contributed by atoms with E-state index >= 15 is 0 Å². The van der Waals surface area contributed by atoms with Gasteiger partial charge in [0.2, 0.25) is 0 Å². The van der Waals surface area contributed by atoms with Crippen molar-refractivity contribution < 1.29 is 0 Å². The fraction of sp³-hybridized carbons (Fsp3) is 0.571. The molecule has 3 rings (SSSR count). The van der Waals surface area contributed by atoms with Crippen molar-refractivity contribution in [2.24, 2.45) is 0 Å². The summed E-state index contributed by atoms with van der Waals surface area (Å²) in [7, 11) is 2.23. The van der Waals surface area contributed by atoms with Gasteiger partial charge in [-0.3, -0.25) is 0 Å². The summed E-state index contributed by atoms with van der Waals surface area (Å²) in [4.78, 5) is 5.07. The van der Waals surface area contributed by atoms with Crippen LogP contribution in [0, 0.1) is 0 Å². The van der Waals surface area contributed by atoms with Gasteiger partial charge in [-0.25, -0.2) is 0 Å². The van der Waals surface area contributed by atoms with Crippen LogP contribution in [-0.2, 0) is 6.42 Å². The first kappa shape index (κ1) is 11.5. The Morgan fingerprint density at radius 2 is 1.94 bits per heavy atom. The highest BCUT2D eigenvalue weighted by Crippen LogP contribution is 2.36. The summed E-state index contributed by atoms with van der Waals surface area (Å²) in [6.07, 6.45) is 3.81. The first-order valence-corrected chi connectivity index (χ1v) is 7.27. The second-order valence-electron chi connectivity index (χ2n) is 5.22. The van der Waals surface area contributed by atoms with Crippen LogP contribution in [0.4, 0.5) is 5.69 Å². The van der Waals surface area contributed by atoms with E-state index in [0.29, 0.717) is 0 Å². The van der Waals surface area contributed by atoms with Crippen LogP contribution >= 0.6 is 15.9 Å². The van der Waals surface area contributed by atoms with Crippen molar-refractivity contribution >= 4 is 21.6 Å². The summed E-state index contributed by atoms with van der Waals surface area (Å²) in [5, 5.41) is 0. The minimum atomic E-state index is 0.752. The lowest BCUT2D eigenvalue weighted by molar-refractivity contribution is 0.251. The fourth-order valence-electron chi connectivity index (χ4n) is 3.10. The van der Waals surface area contributed by atoms with E-state index < -0.39 is 0 Å². The van der Waals surface area contributed by atoms with Crippen molar-refractivity contribution in [3.63, 3.8) is 0 Å². The number of piperidine rings is 1. The smallest absolute Gasteiger partial charge is 0.0413 e. The van der Waals surface area contributed by atoms with Gasteiger partial charge in [0.15, 0.2) is 0 Å². The summed E-state index contributed by atoms with van der Waals surface area (Å²) in [5.41, 5.74) is 2.97. The quantitative estimate of drug-likeness (QED) is 0.786. The lowest BCUT2D eigenvalue weighted by Gasteiger charge is -2.36. The topological polar surface area (TPSA) is 6.48 Å². The van der Waals surface area contributed by atoms with Crippen molar-refractivity contribution in [1.82, 2.24) is 4.90 Å². The highest BCUT2D eigenvalue weighted by atomic mass is 79.9. The van der Waals surface area contributed by atoms with Gasteiger partial charge in [0.1, 0.15) is 0 Å². The molecule has 0 aliphatic carbocycles. The molecular weight excluding hydrogens is 276 g/mol. The van der Waals surface area contributed by atoms with E-state index in [9.17, 15) is 0 Å². The van der Waals surface area contributed by atoms with Crippen LogP contribution in [0.3, 0.4) is 0 Å². The monoisotopic (exact) mass is 294 g/mol. The number of rotatable bonds is 1. The molecule has 1 fully saturated rings. The van der Waals surface area contributed by atoms with Gasteiger partial charge >= 0.3 is 0 Å². The van der Waals surface area contributed by atoms with Gasteiger partial charge in [0.05, 0.1) is 0 Å². The zero-order valence-corrected chi connectivity index (χ0v) is 11.9. The van der Waals surface area contributed by atoms with E-state index in [2.05, 4.69) is 51.0 Å². The van der Waals surface area contributed by atoms with Crippen molar-refractivity contribution in [3.8, 4) is 0 Å². The Hall–Kier alpha value is -0.540. The number of fused-ring (bicyclic) bond motifs is 1. The molecule has 0 amide bonds. The SMILES string of the molecule is CN1CCC(N2CCc3c(Br)cccc32)CC1. The van der Waals surface area contributed by atoms with Gasteiger partial charge in [0.25, 0.3) is 0 Å². The summed E-state index contributed by atoms with van der Waals surface area (Å²) >= 11 is 3.67. The molecule has 1 aromatic carbocycles. The van der Waals surface area contributed by atoms with E-state index in [0.717, 1.165) is 6.04 Å². The standard InChI is InChI=1S/C14H19BrN2/c1-16-8-5-11(6-9-16)17-10-7-12-13(15)3-2-4-14(12)17/h2-4,11H,5-10H2,1H3. The molecule has 3 heteroatoms. The Bertz CT molecular complexity index is 411. The van der Waals surface area contributed by atoms with Crippen LogP contribution in [0.2, 0.25) is 0 Å². The van der Waals surface area contributed by atoms with E-state index in [1.807, 2.05) is 0 Å². The Morgan fingerprint density at radius 3 is 2.71 bits per heavy atom. The number of nitrogens with zero attached hydrogens (tertiary/aromatic N) is 2. The van der Waals surface area contributed by atoms with Gasteiger partial charge in [0, 0.05) is 22.7 Å². The predicted octanol–water partition coefficient (Wildman–Crippen LogP) is 2.91. The molecule has 2 aliphatic heterocycles. The molecule has 0 bridgehead atoms. The van der Waals surface area contributed by atoms with Crippen molar-refractivity contribution in [1.29, 1.82) is 0 Å². The number of benzene rings is 1. The molecule has 1 aromatic rings. The molecule has 2 heterocycles. The van der Waals surface area contributed by atoms with Crippen molar-refractivity contribution in [2.75, 3.05) is 31.6 Å². The Kier molecular flexibility index (Phi) is 3.14. The number of hydrogen-bond acceptors (Lipinski definition) is 2. The second-order valence-corrected chi connectivity index (χ2v) is 6.07. The van der Waals surface area contributed by atoms with E-state index in [1.165, 1.54) is 54.6 Å². The highest BCUT2D eigenvalue weighted by molar-refractivity contribution is 9.10. The van der Waals surface area contributed by atoms with Gasteiger partial charge in [-0.2, -0.15) is 0 Å². The Morgan fingerprint density at radius 1 is 1.18 bits per heavy atom. The second kappa shape index (κ2) is 4.62. The molecule has 0 aromatic heterocycles. The van der Waals surface area contributed by atoms with Gasteiger partial charge in [-0.15, -0.1) is 0 Å². The summed E-state index contributed by atoms with van der Waals surface area (Å²) in [6, 6.07) is 7.36. The third-order valence-corrected chi connectivity index (χ3v) is 4.88. The zero-order chi connectivity index (χ0) is 11.8. The third kappa shape index (κ3) is 2.11. The minimum Gasteiger partial charge on any atom is -0.368 e. The van der Waals surface area contributed by atoms with Crippen LogP contribution in [-0.4, -0.2) is 37.6 Å². The van der Waals surface area contributed by atoms with Crippen LogP contribution in [0.25, 0.3) is 0 Å². The van der Waals surface area contributed by atoms with Crippen molar-refractivity contribution in [2.45, 2.75) is 25.3 Å². The normalized spacial score (nSPS) is 21.9. The fourth-order valence-corrected chi connectivity index (χ4v) is 3.66. The molecule has 1 saturated heterocycles. The Balaban J connectivity index is 1.82. The number of likely N-dealkylation sites (tertiary alicyclic amines) is 1. The van der Waals surface area contributed by atoms with Gasteiger partial charge in [-0.05, 0) is 57.1 Å². The lowest BCUT2D eigenvalue weighted by Crippen LogP contribution is -2.43. The average molecular weight is 295 g/mol. The molecule has 0 spiro atoms. The van der Waals surface area contributed by atoms with E-state index in [-0.39, 0.29) is 0 Å². The first-order chi connectivity index (χ1) is 8.25. The minimum absolute atomic E-state index is 0.752. The molecule has 17 heavy (non-hydrogen) atoms. The molecule has 0 unspecified atom stereocenters. The third-order valence-electron chi connectivity index (χ3n) is 4.14. The van der Waals surface area contributed by atoms with Crippen LogP contribution in [0.5, 0.6) is 0 Å². The first-order valence-electron chi connectivity index (χ1n) is 6.48. The molecule has 2 aliphatic rings. The van der Waals surface area contributed by atoms with Gasteiger partial charge in [-0.1, -0.05) is 22.0 Å². The number of halogens is 1. The lowest BCUT2D eigenvalue weighted by atomic mass is 10.0. The van der Waals surface area contributed by atoms with Gasteiger partial charge < -0.3 is 9.80 Å². The van der Waals surface area contributed by atoms with Crippen molar-refractivity contribution in [3.05, 3.63) is 28.2 Å². The molecule has 0 radical (unpaired) electrons. The van der Waals surface area contributed by atoms with E-state index in [1.54, 1.807) is 0 Å². The summed E-state index contributed by atoms with van der Waals surface area (Å²) < 4.78 is 1.28. The Labute approximate surface area is 112 Å². The van der Waals surface area contributed by atoms with E-state index in [4.69, 9.17) is 0 Å². The molecule has 2 nitrogen and oxygen atoms in total. The molecule has 92 valence electrons. The van der Waals surface area contributed by atoms with Crippen LogP contribution in [0.15, 0.2) is 22.7 Å². The maximum atomic E-state index is 3.67. The summed E-state index contributed by atoms with van der Waals surface area (Å²) in [5.74, 6) is 0. The molecular formula is C14H19BrN2.